The highest BCUT2D eigenvalue weighted by atomic mass is 32.2. The summed E-state index contributed by atoms with van der Waals surface area (Å²) in [6, 6.07) is 10.6. The van der Waals surface area contributed by atoms with Crippen LogP contribution in [0.3, 0.4) is 0 Å². The van der Waals surface area contributed by atoms with E-state index in [-0.39, 0.29) is 10.8 Å². The Bertz CT molecular complexity index is 999. The normalized spacial score (nSPS) is 17.4. The molecule has 28 heavy (non-hydrogen) atoms. The Labute approximate surface area is 167 Å². The number of carbonyl (C=O) groups excluding carboxylic acids is 1. The second kappa shape index (κ2) is 7.95. The van der Waals surface area contributed by atoms with Gasteiger partial charge in [-0.25, -0.2) is 8.42 Å². The molecule has 1 N–H and O–H groups in total. The van der Waals surface area contributed by atoms with Gasteiger partial charge < -0.3 is 4.90 Å². The van der Waals surface area contributed by atoms with E-state index in [0.29, 0.717) is 22.7 Å². The molecule has 1 amide bonds. The fourth-order valence-electron chi connectivity index (χ4n) is 3.62. The number of likely N-dealkylation sites (tertiary alicyclic amines) is 1. The molecule has 0 aliphatic carbocycles. The van der Waals surface area contributed by atoms with Crippen LogP contribution in [0.25, 0.3) is 0 Å². The molecule has 1 saturated heterocycles. The number of nitrogens with one attached hydrogen (secondary N) is 1. The first-order valence-electron chi connectivity index (χ1n) is 9.67. The molecular formula is C22H28N2O3S. The third kappa shape index (κ3) is 4.38. The number of rotatable bonds is 4. The second-order valence-corrected chi connectivity index (χ2v) is 9.55. The van der Waals surface area contributed by atoms with Crippen LogP contribution in [-0.2, 0) is 10.0 Å². The SMILES string of the molecule is Cc1ccc(C)c(NS(=O)(=O)c2cc(C(=O)N3CCC[C@H](C)C3)ccc2C)c1. The number of anilines is 1. The molecule has 150 valence electrons. The van der Waals surface area contributed by atoms with Gasteiger partial charge in [0.25, 0.3) is 15.9 Å². The molecule has 0 aromatic heterocycles. The van der Waals surface area contributed by atoms with E-state index in [1.807, 2.05) is 36.9 Å². The van der Waals surface area contributed by atoms with Gasteiger partial charge in [0, 0.05) is 18.7 Å². The Morgan fingerprint density at radius 2 is 1.79 bits per heavy atom. The molecule has 2 aromatic rings. The van der Waals surface area contributed by atoms with Crippen molar-refractivity contribution in [3.8, 4) is 0 Å². The van der Waals surface area contributed by atoms with Gasteiger partial charge in [-0.05, 0) is 74.4 Å². The Hall–Kier alpha value is -2.34. The van der Waals surface area contributed by atoms with E-state index in [2.05, 4.69) is 11.6 Å². The molecule has 1 aliphatic rings. The Morgan fingerprint density at radius 1 is 1.07 bits per heavy atom. The standard InChI is InChI=1S/C22H28N2O3S/c1-15-7-8-17(3)20(12-15)23-28(26,27)21-13-19(10-9-18(21)4)22(25)24-11-5-6-16(2)14-24/h7-10,12-13,16,23H,5-6,11,14H2,1-4H3/t16-/m0/s1. The predicted molar refractivity (Wildman–Crippen MR) is 112 cm³/mol. The van der Waals surface area contributed by atoms with Gasteiger partial charge >= 0.3 is 0 Å². The Morgan fingerprint density at radius 3 is 2.50 bits per heavy atom. The van der Waals surface area contributed by atoms with Crippen molar-refractivity contribution >= 4 is 21.6 Å². The molecule has 0 bridgehead atoms. The first-order valence-corrected chi connectivity index (χ1v) is 11.2. The van der Waals surface area contributed by atoms with E-state index >= 15 is 0 Å². The number of nitrogens with zero attached hydrogens (tertiary/aromatic N) is 1. The molecule has 0 saturated carbocycles. The van der Waals surface area contributed by atoms with Crippen molar-refractivity contribution in [2.75, 3.05) is 17.8 Å². The fraction of sp³-hybridized carbons (Fsp3) is 0.409. The van der Waals surface area contributed by atoms with Crippen molar-refractivity contribution in [2.45, 2.75) is 45.4 Å². The van der Waals surface area contributed by atoms with Crippen molar-refractivity contribution in [3.05, 3.63) is 58.7 Å². The lowest BCUT2D eigenvalue weighted by Crippen LogP contribution is -2.39. The van der Waals surface area contributed by atoms with E-state index in [9.17, 15) is 13.2 Å². The molecule has 1 heterocycles. The molecule has 1 aliphatic heterocycles. The van der Waals surface area contributed by atoms with Crippen LogP contribution < -0.4 is 4.72 Å². The molecule has 0 radical (unpaired) electrons. The molecule has 5 nitrogen and oxygen atoms in total. The summed E-state index contributed by atoms with van der Waals surface area (Å²) in [6.07, 6.45) is 2.11. The number of piperidine rings is 1. The van der Waals surface area contributed by atoms with Crippen molar-refractivity contribution < 1.29 is 13.2 Å². The van der Waals surface area contributed by atoms with Crippen LogP contribution in [0.4, 0.5) is 5.69 Å². The van der Waals surface area contributed by atoms with Crippen molar-refractivity contribution in [1.82, 2.24) is 4.90 Å². The fourth-order valence-corrected chi connectivity index (χ4v) is 5.02. The van der Waals surface area contributed by atoms with Crippen LogP contribution in [0.5, 0.6) is 0 Å². The van der Waals surface area contributed by atoms with Crippen LogP contribution >= 0.6 is 0 Å². The summed E-state index contributed by atoms with van der Waals surface area (Å²) in [4.78, 5) is 14.9. The maximum atomic E-state index is 13.1. The zero-order chi connectivity index (χ0) is 20.5. The molecule has 1 atom stereocenters. The molecule has 0 unspecified atom stereocenters. The Kier molecular flexibility index (Phi) is 5.79. The van der Waals surface area contributed by atoms with E-state index < -0.39 is 10.0 Å². The van der Waals surface area contributed by atoms with Crippen LogP contribution in [0.1, 0.15) is 46.8 Å². The quantitative estimate of drug-likeness (QED) is 0.833. The predicted octanol–water partition coefficient (Wildman–Crippen LogP) is 4.28. The lowest BCUT2D eigenvalue weighted by atomic mass is 9.99. The highest BCUT2D eigenvalue weighted by molar-refractivity contribution is 7.92. The summed E-state index contributed by atoms with van der Waals surface area (Å²) >= 11 is 0. The molecule has 0 spiro atoms. The second-order valence-electron chi connectivity index (χ2n) is 7.90. The van der Waals surface area contributed by atoms with E-state index in [0.717, 1.165) is 37.1 Å². The average molecular weight is 401 g/mol. The monoisotopic (exact) mass is 400 g/mol. The minimum Gasteiger partial charge on any atom is -0.338 e. The largest absolute Gasteiger partial charge is 0.338 e. The molecule has 3 rings (SSSR count). The highest BCUT2D eigenvalue weighted by Crippen LogP contribution is 2.25. The first-order chi connectivity index (χ1) is 13.2. The summed E-state index contributed by atoms with van der Waals surface area (Å²) in [5.41, 5.74) is 3.41. The minimum atomic E-state index is -3.80. The summed E-state index contributed by atoms with van der Waals surface area (Å²) in [5.74, 6) is 0.368. The number of sulfonamides is 1. The van der Waals surface area contributed by atoms with Gasteiger partial charge in [-0.3, -0.25) is 9.52 Å². The van der Waals surface area contributed by atoms with E-state index in [1.165, 1.54) is 6.07 Å². The van der Waals surface area contributed by atoms with Crippen LogP contribution in [0, 0.1) is 26.7 Å². The van der Waals surface area contributed by atoms with Crippen molar-refractivity contribution in [1.29, 1.82) is 0 Å². The van der Waals surface area contributed by atoms with Gasteiger partial charge in [-0.15, -0.1) is 0 Å². The average Bonchev–Trinajstić information content (AvgIpc) is 2.64. The number of amides is 1. The minimum absolute atomic E-state index is 0.102. The van der Waals surface area contributed by atoms with Crippen LogP contribution in [-0.4, -0.2) is 32.3 Å². The number of carbonyl (C=O) groups is 1. The smallest absolute Gasteiger partial charge is 0.262 e. The van der Waals surface area contributed by atoms with E-state index in [4.69, 9.17) is 0 Å². The van der Waals surface area contributed by atoms with Gasteiger partial charge in [0.15, 0.2) is 0 Å². The summed E-state index contributed by atoms with van der Waals surface area (Å²) in [6.45, 7) is 9.10. The van der Waals surface area contributed by atoms with Crippen LogP contribution in [0.2, 0.25) is 0 Å². The van der Waals surface area contributed by atoms with Gasteiger partial charge in [-0.1, -0.05) is 25.1 Å². The summed E-state index contributed by atoms with van der Waals surface area (Å²) in [7, 11) is -3.80. The van der Waals surface area contributed by atoms with Crippen molar-refractivity contribution in [3.63, 3.8) is 0 Å². The number of hydrogen-bond acceptors (Lipinski definition) is 3. The lowest BCUT2D eigenvalue weighted by molar-refractivity contribution is 0.0683. The van der Waals surface area contributed by atoms with Gasteiger partial charge in [0.1, 0.15) is 0 Å². The maximum Gasteiger partial charge on any atom is 0.262 e. The third-order valence-corrected chi connectivity index (χ3v) is 6.81. The lowest BCUT2D eigenvalue weighted by Gasteiger charge is -2.31. The zero-order valence-corrected chi connectivity index (χ0v) is 17.8. The zero-order valence-electron chi connectivity index (χ0n) is 17.0. The first kappa shape index (κ1) is 20.4. The summed E-state index contributed by atoms with van der Waals surface area (Å²) in [5, 5.41) is 0. The molecule has 6 heteroatoms. The molecular weight excluding hydrogens is 372 g/mol. The third-order valence-electron chi connectivity index (χ3n) is 5.31. The Balaban J connectivity index is 1.92. The van der Waals surface area contributed by atoms with Gasteiger partial charge in [0.05, 0.1) is 10.6 Å². The van der Waals surface area contributed by atoms with E-state index in [1.54, 1.807) is 19.1 Å². The van der Waals surface area contributed by atoms with Gasteiger partial charge in [0.2, 0.25) is 0 Å². The number of benzene rings is 2. The highest BCUT2D eigenvalue weighted by Gasteiger charge is 2.25. The maximum absolute atomic E-state index is 13.1. The number of hydrogen-bond donors (Lipinski definition) is 1. The molecule has 1 fully saturated rings. The van der Waals surface area contributed by atoms with Gasteiger partial charge in [-0.2, -0.15) is 0 Å². The van der Waals surface area contributed by atoms with Crippen molar-refractivity contribution in [2.24, 2.45) is 5.92 Å². The number of aryl methyl sites for hydroxylation is 3. The summed E-state index contributed by atoms with van der Waals surface area (Å²) < 4.78 is 28.8. The van der Waals surface area contributed by atoms with Crippen LogP contribution in [0.15, 0.2) is 41.3 Å². The topological polar surface area (TPSA) is 66.5 Å². The molecule has 2 aromatic carbocycles.